The molecule has 3 heteroatoms. The van der Waals surface area contributed by atoms with Crippen LogP contribution in [0.25, 0.3) is 33.3 Å². The number of aryl methyl sites for hydroxylation is 1. The monoisotopic (exact) mass is 442 g/mol. The molecule has 4 aromatic carbocycles. The van der Waals surface area contributed by atoms with E-state index in [1.807, 2.05) is 97.1 Å². The van der Waals surface area contributed by atoms with Gasteiger partial charge in [0.2, 0.25) is 0 Å². The largest absolute Gasteiger partial charge is 0.348 e. The van der Waals surface area contributed by atoms with Gasteiger partial charge in [-0.1, -0.05) is 110 Å². The average molecular weight is 443 g/mol. The maximum Gasteiger partial charge on any atom is 0.252 e. The third-order valence-electron chi connectivity index (χ3n) is 6.17. The Kier molecular flexibility index (Phi) is 6.17. The molecule has 0 aliphatic heterocycles. The Morgan fingerprint density at radius 2 is 1.29 bits per heavy atom. The van der Waals surface area contributed by atoms with E-state index in [-0.39, 0.29) is 5.91 Å². The van der Waals surface area contributed by atoms with Crippen LogP contribution in [0.5, 0.6) is 0 Å². The van der Waals surface area contributed by atoms with Crippen LogP contribution < -0.4 is 5.32 Å². The highest BCUT2D eigenvalue weighted by molar-refractivity contribution is 6.14. The Hall–Kier alpha value is -4.24. The predicted molar refractivity (Wildman–Crippen MR) is 140 cm³/mol. The van der Waals surface area contributed by atoms with Gasteiger partial charge in [-0.2, -0.15) is 0 Å². The lowest BCUT2D eigenvalue weighted by molar-refractivity contribution is 0.0953. The van der Waals surface area contributed by atoms with Crippen LogP contribution >= 0.6 is 0 Å². The Balaban J connectivity index is 1.70. The van der Waals surface area contributed by atoms with Crippen LogP contribution in [-0.4, -0.2) is 10.9 Å². The van der Waals surface area contributed by atoms with Gasteiger partial charge in [0.05, 0.1) is 16.8 Å². The van der Waals surface area contributed by atoms with Crippen LogP contribution in [0.3, 0.4) is 0 Å². The normalized spacial score (nSPS) is 10.9. The number of hydrogen-bond donors (Lipinski definition) is 1. The summed E-state index contributed by atoms with van der Waals surface area (Å²) in [5, 5.41) is 4.05. The highest BCUT2D eigenvalue weighted by atomic mass is 16.1. The molecule has 0 aliphatic carbocycles. The first kappa shape index (κ1) is 21.6. The molecule has 1 heterocycles. The second-order valence-electron chi connectivity index (χ2n) is 8.26. The summed E-state index contributed by atoms with van der Waals surface area (Å²) in [4.78, 5) is 18.9. The Morgan fingerprint density at radius 1 is 0.706 bits per heavy atom. The first-order valence-electron chi connectivity index (χ1n) is 11.6. The number of pyridine rings is 1. The number of nitrogens with one attached hydrogen (secondary N) is 1. The SMILES string of the molecule is CCc1ccccc1CNC(=O)c1c(-c2ccccc2)c(-c2ccccc2)nc2ccccc12. The molecule has 5 rings (SSSR count). The maximum absolute atomic E-state index is 13.9. The van der Waals surface area contributed by atoms with Crippen molar-refractivity contribution in [3.05, 3.63) is 126 Å². The van der Waals surface area contributed by atoms with E-state index in [1.54, 1.807) is 0 Å². The summed E-state index contributed by atoms with van der Waals surface area (Å²) in [6.07, 6.45) is 0.928. The Labute approximate surface area is 200 Å². The van der Waals surface area contributed by atoms with Gasteiger partial charge in [-0.25, -0.2) is 4.98 Å². The van der Waals surface area contributed by atoms with E-state index in [2.05, 4.69) is 24.4 Å². The molecule has 0 aliphatic rings. The molecule has 0 atom stereocenters. The van der Waals surface area contributed by atoms with Gasteiger partial charge in [0.1, 0.15) is 0 Å². The Bertz CT molecular complexity index is 1440. The van der Waals surface area contributed by atoms with E-state index in [1.165, 1.54) is 5.56 Å². The van der Waals surface area contributed by atoms with Crippen LogP contribution in [0.15, 0.2) is 109 Å². The van der Waals surface area contributed by atoms with Crippen molar-refractivity contribution < 1.29 is 4.79 Å². The minimum absolute atomic E-state index is 0.0967. The van der Waals surface area contributed by atoms with Crippen LogP contribution in [0.2, 0.25) is 0 Å². The van der Waals surface area contributed by atoms with Crippen molar-refractivity contribution in [3.63, 3.8) is 0 Å². The number of carbonyl (C=O) groups is 1. The van der Waals surface area contributed by atoms with Crippen molar-refractivity contribution in [1.82, 2.24) is 10.3 Å². The molecule has 34 heavy (non-hydrogen) atoms. The maximum atomic E-state index is 13.9. The van der Waals surface area contributed by atoms with E-state index in [4.69, 9.17) is 4.98 Å². The lowest BCUT2D eigenvalue weighted by atomic mass is 9.91. The molecule has 3 nitrogen and oxygen atoms in total. The van der Waals surface area contributed by atoms with E-state index >= 15 is 0 Å². The quantitative estimate of drug-likeness (QED) is 0.306. The first-order valence-corrected chi connectivity index (χ1v) is 11.6. The summed E-state index contributed by atoms with van der Waals surface area (Å²) in [7, 11) is 0. The molecule has 0 unspecified atom stereocenters. The molecule has 166 valence electrons. The summed E-state index contributed by atoms with van der Waals surface area (Å²) in [6, 6.07) is 36.3. The van der Waals surface area contributed by atoms with Crippen LogP contribution in [0, 0.1) is 0 Å². The molecule has 1 amide bonds. The molecule has 0 bridgehead atoms. The lowest BCUT2D eigenvalue weighted by Gasteiger charge is -2.18. The highest BCUT2D eigenvalue weighted by Crippen LogP contribution is 2.37. The third-order valence-corrected chi connectivity index (χ3v) is 6.17. The van der Waals surface area contributed by atoms with Crippen LogP contribution in [0.4, 0.5) is 0 Å². The number of rotatable bonds is 6. The van der Waals surface area contributed by atoms with Gasteiger partial charge in [-0.3, -0.25) is 4.79 Å². The molecule has 5 aromatic rings. The molecule has 0 saturated carbocycles. The number of fused-ring (bicyclic) bond motifs is 1. The summed E-state index contributed by atoms with van der Waals surface area (Å²) in [5.74, 6) is -0.0967. The number of hydrogen-bond acceptors (Lipinski definition) is 2. The molecule has 1 aromatic heterocycles. The molecule has 1 N–H and O–H groups in total. The van der Waals surface area contributed by atoms with Crippen molar-refractivity contribution in [2.75, 3.05) is 0 Å². The molecule has 0 saturated heterocycles. The van der Waals surface area contributed by atoms with Gasteiger partial charge in [-0.05, 0) is 29.2 Å². The fraction of sp³-hybridized carbons (Fsp3) is 0.0968. The second-order valence-corrected chi connectivity index (χ2v) is 8.26. The van der Waals surface area contributed by atoms with Gasteiger partial charge in [0.15, 0.2) is 0 Å². The number of para-hydroxylation sites is 1. The van der Waals surface area contributed by atoms with Crippen molar-refractivity contribution in [2.24, 2.45) is 0 Å². The third kappa shape index (κ3) is 4.20. The number of carbonyl (C=O) groups excluding carboxylic acids is 1. The highest BCUT2D eigenvalue weighted by Gasteiger charge is 2.22. The summed E-state index contributed by atoms with van der Waals surface area (Å²) in [6.45, 7) is 2.62. The molecular formula is C31H26N2O. The van der Waals surface area contributed by atoms with Gasteiger partial charge in [-0.15, -0.1) is 0 Å². The van der Waals surface area contributed by atoms with Crippen molar-refractivity contribution in [1.29, 1.82) is 0 Å². The minimum Gasteiger partial charge on any atom is -0.348 e. The van der Waals surface area contributed by atoms with Gasteiger partial charge >= 0.3 is 0 Å². The molecule has 0 spiro atoms. The standard InChI is InChI=1S/C31H26N2O/c1-2-22-13-9-10-18-25(22)21-32-31(34)29-26-19-11-12-20-27(26)33-30(24-16-7-4-8-17-24)28(29)23-14-5-3-6-15-23/h3-20H,2,21H2,1H3,(H,32,34). The number of nitrogens with zero attached hydrogens (tertiary/aromatic N) is 1. The Morgan fingerprint density at radius 3 is 2.00 bits per heavy atom. The van der Waals surface area contributed by atoms with Crippen LogP contribution in [0.1, 0.15) is 28.4 Å². The molecule has 0 fully saturated rings. The van der Waals surface area contributed by atoms with Gasteiger partial charge < -0.3 is 5.32 Å². The fourth-order valence-corrected chi connectivity index (χ4v) is 4.48. The first-order chi connectivity index (χ1) is 16.8. The number of benzene rings is 4. The summed E-state index contributed by atoms with van der Waals surface area (Å²) in [5.41, 5.74) is 7.47. The minimum atomic E-state index is -0.0967. The van der Waals surface area contributed by atoms with Crippen molar-refractivity contribution in [2.45, 2.75) is 19.9 Å². The smallest absolute Gasteiger partial charge is 0.252 e. The van der Waals surface area contributed by atoms with Crippen LogP contribution in [-0.2, 0) is 13.0 Å². The lowest BCUT2D eigenvalue weighted by Crippen LogP contribution is -2.25. The number of aromatic nitrogens is 1. The number of amides is 1. The van der Waals surface area contributed by atoms with E-state index in [0.29, 0.717) is 12.1 Å². The predicted octanol–water partition coefficient (Wildman–Crippen LogP) is 7.06. The summed E-state index contributed by atoms with van der Waals surface area (Å²) < 4.78 is 0. The molecule has 0 radical (unpaired) electrons. The van der Waals surface area contributed by atoms with Gasteiger partial charge in [0.25, 0.3) is 5.91 Å². The van der Waals surface area contributed by atoms with E-state index < -0.39 is 0 Å². The van der Waals surface area contributed by atoms with Crippen molar-refractivity contribution in [3.8, 4) is 22.4 Å². The van der Waals surface area contributed by atoms with E-state index in [0.717, 1.165) is 45.3 Å². The zero-order valence-corrected chi connectivity index (χ0v) is 19.2. The fourth-order valence-electron chi connectivity index (χ4n) is 4.48. The molecular weight excluding hydrogens is 416 g/mol. The van der Waals surface area contributed by atoms with E-state index in [9.17, 15) is 4.79 Å². The second kappa shape index (κ2) is 9.72. The zero-order chi connectivity index (χ0) is 23.3. The topological polar surface area (TPSA) is 42.0 Å². The van der Waals surface area contributed by atoms with Gasteiger partial charge in [0, 0.05) is 23.1 Å². The summed E-state index contributed by atoms with van der Waals surface area (Å²) >= 11 is 0. The average Bonchev–Trinajstić information content (AvgIpc) is 2.91. The van der Waals surface area contributed by atoms with Crippen molar-refractivity contribution >= 4 is 16.8 Å². The zero-order valence-electron chi connectivity index (χ0n) is 19.2.